The summed E-state index contributed by atoms with van der Waals surface area (Å²) >= 11 is 5.75. The van der Waals surface area contributed by atoms with E-state index in [1.54, 1.807) is 12.1 Å². The van der Waals surface area contributed by atoms with E-state index in [-0.39, 0.29) is 10.8 Å². The molecule has 1 atom stereocenters. The van der Waals surface area contributed by atoms with Crippen molar-refractivity contribution in [2.45, 2.75) is 19.3 Å². The topological polar surface area (TPSA) is 0 Å². The van der Waals surface area contributed by atoms with Crippen LogP contribution in [-0.2, 0) is 0 Å². The van der Waals surface area contributed by atoms with Crippen molar-refractivity contribution in [1.82, 2.24) is 0 Å². The largest absolute Gasteiger partial charge is 0.205 e. The maximum atomic E-state index is 13.0. The van der Waals surface area contributed by atoms with Gasteiger partial charge in [0.25, 0.3) is 0 Å². The van der Waals surface area contributed by atoms with Crippen molar-refractivity contribution in [3.05, 3.63) is 76.9 Å². The van der Waals surface area contributed by atoms with Crippen LogP contribution in [0.5, 0.6) is 0 Å². The van der Waals surface area contributed by atoms with Gasteiger partial charge in [0, 0.05) is 0 Å². The number of benzene rings is 2. The smallest absolute Gasteiger partial charge is 0.141 e. The minimum Gasteiger partial charge on any atom is -0.205 e. The van der Waals surface area contributed by atoms with Gasteiger partial charge in [-0.25, -0.2) is 4.39 Å². The number of hydrogen-bond acceptors (Lipinski definition) is 0. The standard InChI is InChI=1S/C16H15ClF/c1-12(14-5-3-2-4-6-14)7-8-13-9-10-16(18)15(17)11-13/h2-6,8-12H,7H2,1H3. The molecule has 93 valence electrons. The van der Waals surface area contributed by atoms with E-state index in [2.05, 4.69) is 25.5 Å². The average Bonchev–Trinajstić information content (AvgIpc) is 2.41. The highest BCUT2D eigenvalue weighted by Gasteiger charge is 2.07. The summed E-state index contributed by atoms with van der Waals surface area (Å²) in [6, 6.07) is 15.2. The molecule has 0 saturated carbocycles. The highest BCUT2D eigenvalue weighted by Crippen LogP contribution is 2.24. The second kappa shape index (κ2) is 6.01. The second-order valence-electron chi connectivity index (χ2n) is 4.43. The summed E-state index contributed by atoms with van der Waals surface area (Å²) in [6.07, 6.45) is 3.00. The van der Waals surface area contributed by atoms with Crippen LogP contribution in [0.4, 0.5) is 4.39 Å². The van der Waals surface area contributed by atoms with Crippen LogP contribution in [0, 0.1) is 12.2 Å². The third kappa shape index (κ3) is 3.33. The molecule has 0 aliphatic heterocycles. The first-order chi connectivity index (χ1) is 8.66. The van der Waals surface area contributed by atoms with Gasteiger partial charge in [-0.05, 0) is 42.0 Å². The van der Waals surface area contributed by atoms with Gasteiger partial charge >= 0.3 is 0 Å². The van der Waals surface area contributed by atoms with Gasteiger partial charge in [0.2, 0.25) is 0 Å². The Hall–Kier alpha value is -1.34. The lowest BCUT2D eigenvalue weighted by atomic mass is 9.94. The lowest BCUT2D eigenvalue weighted by Crippen LogP contribution is -1.95. The van der Waals surface area contributed by atoms with E-state index in [1.165, 1.54) is 11.6 Å². The maximum Gasteiger partial charge on any atom is 0.141 e. The second-order valence-corrected chi connectivity index (χ2v) is 4.83. The molecule has 0 aromatic heterocycles. The molecule has 2 aromatic rings. The molecule has 0 amide bonds. The van der Waals surface area contributed by atoms with Crippen molar-refractivity contribution in [2.75, 3.05) is 0 Å². The Morgan fingerprint density at radius 3 is 2.56 bits per heavy atom. The quantitative estimate of drug-likeness (QED) is 0.707. The molecule has 0 spiro atoms. The van der Waals surface area contributed by atoms with Crippen molar-refractivity contribution < 1.29 is 4.39 Å². The van der Waals surface area contributed by atoms with Crippen LogP contribution in [0.3, 0.4) is 0 Å². The molecule has 2 rings (SSSR count). The van der Waals surface area contributed by atoms with Gasteiger partial charge < -0.3 is 0 Å². The van der Waals surface area contributed by atoms with E-state index in [1.807, 2.05) is 18.2 Å². The minimum absolute atomic E-state index is 0.177. The fourth-order valence-corrected chi connectivity index (χ4v) is 2.06. The van der Waals surface area contributed by atoms with E-state index < -0.39 is 0 Å². The first kappa shape index (κ1) is 13.1. The fourth-order valence-electron chi connectivity index (χ4n) is 1.87. The average molecular weight is 262 g/mol. The molecule has 0 fully saturated rings. The van der Waals surface area contributed by atoms with Crippen LogP contribution in [-0.4, -0.2) is 0 Å². The summed E-state index contributed by atoms with van der Waals surface area (Å²) in [7, 11) is 0. The Morgan fingerprint density at radius 2 is 1.89 bits per heavy atom. The van der Waals surface area contributed by atoms with Crippen LogP contribution in [0.15, 0.2) is 48.5 Å². The molecule has 0 heterocycles. The van der Waals surface area contributed by atoms with Crippen LogP contribution in [0.25, 0.3) is 0 Å². The zero-order valence-corrected chi connectivity index (χ0v) is 11.0. The van der Waals surface area contributed by atoms with Crippen LogP contribution in [0.2, 0.25) is 5.02 Å². The highest BCUT2D eigenvalue weighted by atomic mass is 35.5. The molecule has 0 bridgehead atoms. The van der Waals surface area contributed by atoms with E-state index in [0.29, 0.717) is 5.92 Å². The molecule has 1 radical (unpaired) electrons. The molecule has 0 aliphatic carbocycles. The van der Waals surface area contributed by atoms with E-state index >= 15 is 0 Å². The first-order valence-corrected chi connectivity index (χ1v) is 6.38. The molecular formula is C16H15ClF. The van der Waals surface area contributed by atoms with Crippen molar-refractivity contribution in [1.29, 1.82) is 0 Å². The predicted octanol–water partition coefficient (Wildman–Crippen LogP) is 5.23. The molecule has 1 unspecified atom stereocenters. The summed E-state index contributed by atoms with van der Waals surface area (Å²) in [4.78, 5) is 0. The van der Waals surface area contributed by atoms with Crippen LogP contribution in [0.1, 0.15) is 30.4 Å². The van der Waals surface area contributed by atoms with Gasteiger partial charge in [-0.2, -0.15) is 0 Å². The third-order valence-corrected chi connectivity index (χ3v) is 3.31. The maximum absolute atomic E-state index is 13.0. The summed E-state index contributed by atoms with van der Waals surface area (Å²) in [5.41, 5.74) is 2.27. The first-order valence-electron chi connectivity index (χ1n) is 6.00. The van der Waals surface area contributed by atoms with E-state index in [4.69, 9.17) is 11.6 Å². The summed E-state index contributed by atoms with van der Waals surface area (Å²) in [6.45, 7) is 2.18. The van der Waals surface area contributed by atoms with Gasteiger partial charge in [-0.1, -0.05) is 54.9 Å². The van der Waals surface area contributed by atoms with Gasteiger partial charge in [0.15, 0.2) is 0 Å². The summed E-state index contributed by atoms with van der Waals surface area (Å²) in [5, 5.41) is 0.177. The molecule has 0 aliphatic rings. The zero-order chi connectivity index (χ0) is 13.0. The molecule has 0 nitrogen and oxygen atoms in total. The Bertz CT molecular complexity index is 508. The Kier molecular flexibility index (Phi) is 4.38. The third-order valence-electron chi connectivity index (χ3n) is 3.02. The van der Waals surface area contributed by atoms with Crippen molar-refractivity contribution >= 4 is 11.6 Å². The Labute approximate surface area is 112 Å². The van der Waals surface area contributed by atoms with Gasteiger partial charge in [0.1, 0.15) is 5.82 Å². The van der Waals surface area contributed by atoms with E-state index in [9.17, 15) is 4.39 Å². The predicted molar refractivity (Wildman–Crippen MR) is 74.3 cm³/mol. The number of halogens is 2. The minimum atomic E-state index is -0.370. The molecule has 2 aromatic carbocycles. The Morgan fingerprint density at radius 1 is 1.17 bits per heavy atom. The number of rotatable bonds is 4. The van der Waals surface area contributed by atoms with Gasteiger partial charge in [-0.15, -0.1) is 0 Å². The molecule has 0 saturated heterocycles. The monoisotopic (exact) mass is 261 g/mol. The van der Waals surface area contributed by atoms with Gasteiger partial charge in [0.05, 0.1) is 5.02 Å². The lowest BCUT2D eigenvalue weighted by molar-refractivity contribution is 0.627. The van der Waals surface area contributed by atoms with Crippen molar-refractivity contribution in [2.24, 2.45) is 0 Å². The van der Waals surface area contributed by atoms with Crippen molar-refractivity contribution in [3.8, 4) is 0 Å². The molecular weight excluding hydrogens is 247 g/mol. The highest BCUT2D eigenvalue weighted by molar-refractivity contribution is 6.30. The van der Waals surface area contributed by atoms with Gasteiger partial charge in [-0.3, -0.25) is 0 Å². The molecule has 0 N–H and O–H groups in total. The Balaban J connectivity index is 1.97. The molecule has 18 heavy (non-hydrogen) atoms. The zero-order valence-electron chi connectivity index (χ0n) is 10.2. The molecule has 2 heteroatoms. The number of hydrogen-bond donors (Lipinski definition) is 0. The lowest BCUT2D eigenvalue weighted by Gasteiger charge is -2.11. The SMILES string of the molecule is CC(C[CH]c1ccc(F)c(Cl)c1)c1ccccc1. The summed E-state index contributed by atoms with van der Waals surface area (Å²) < 4.78 is 13.0. The van der Waals surface area contributed by atoms with Crippen molar-refractivity contribution in [3.63, 3.8) is 0 Å². The summed E-state index contributed by atoms with van der Waals surface area (Å²) in [5.74, 6) is 0.0694. The van der Waals surface area contributed by atoms with Crippen LogP contribution >= 0.6 is 11.6 Å². The van der Waals surface area contributed by atoms with E-state index in [0.717, 1.165) is 12.0 Å². The normalized spacial score (nSPS) is 12.4. The van der Waals surface area contributed by atoms with Crippen LogP contribution < -0.4 is 0 Å². The fraction of sp³-hybridized carbons (Fsp3) is 0.188.